The van der Waals surface area contributed by atoms with E-state index in [-0.39, 0.29) is 5.97 Å². The van der Waals surface area contributed by atoms with E-state index in [1.54, 1.807) is 13.0 Å². The number of allylic oxidation sites excluding steroid dienone is 1. The Balaban J connectivity index is 3.92. The summed E-state index contributed by atoms with van der Waals surface area (Å²) in [6, 6.07) is 0. The van der Waals surface area contributed by atoms with Crippen molar-refractivity contribution < 1.29 is 14.3 Å². The van der Waals surface area contributed by atoms with Crippen molar-refractivity contribution in [3.05, 3.63) is 12.7 Å². The topological polar surface area (TPSA) is 35.5 Å². The average molecular weight is 279 g/mol. The first-order chi connectivity index (χ1) is 7.26. The number of ether oxygens (including phenoxy) is 2. The van der Waals surface area contributed by atoms with E-state index in [0.717, 1.165) is 18.2 Å². The van der Waals surface area contributed by atoms with E-state index in [9.17, 15) is 4.79 Å². The molecule has 0 aromatic rings. The average Bonchev–Trinajstić information content (AvgIpc) is 2.23. The molecule has 0 bridgehead atoms. The Bertz CT molecular complexity index is 183. The van der Waals surface area contributed by atoms with E-state index >= 15 is 0 Å². The van der Waals surface area contributed by atoms with Crippen LogP contribution in [0, 0.1) is 0 Å². The number of halogens is 1. The third kappa shape index (κ3) is 7.56. The summed E-state index contributed by atoms with van der Waals surface area (Å²) in [5.74, 6) is -0.270. The highest BCUT2D eigenvalue weighted by Crippen LogP contribution is 2.06. The Hall–Kier alpha value is -0.350. The van der Waals surface area contributed by atoms with Gasteiger partial charge in [0, 0.05) is 11.9 Å². The molecule has 0 saturated carbocycles. The maximum Gasteiger partial charge on any atom is 0.335 e. The standard InChI is InChI=1S/C11H19BrO3/c1-3-5-7-10(11(13)14-4-2)15-9-6-8-12/h3,10H,1,4-9H2,2H3. The van der Waals surface area contributed by atoms with Gasteiger partial charge in [-0.15, -0.1) is 6.58 Å². The van der Waals surface area contributed by atoms with Gasteiger partial charge >= 0.3 is 5.97 Å². The highest BCUT2D eigenvalue weighted by atomic mass is 79.9. The molecule has 4 heteroatoms. The monoisotopic (exact) mass is 278 g/mol. The second kappa shape index (κ2) is 10.2. The molecule has 3 nitrogen and oxygen atoms in total. The lowest BCUT2D eigenvalue weighted by Crippen LogP contribution is -2.27. The lowest BCUT2D eigenvalue weighted by Gasteiger charge is -2.15. The summed E-state index contributed by atoms with van der Waals surface area (Å²) >= 11 is 3.31. The molecule has 0 amide bonds. The molecule has 0 aromatic heterocycles. The van der Waals surface area contributed by atoms with E-state index < -0.39 is 6.10 Å². The van der Waals surface area contributed by atoms with Gasteiger partial charge in [0.1, 0.15) is 0 Å². The van der Waals surface area contributed by atoms with Gasteiger partial charge in [-0.05, 0) is 26.2 Å². The van der Waals surface area contributed by atoms with Gasteiger partial charge < -0.3 is 9.47 Å². The lowest BCUT2D eigenvalue weighted by molar-refractivity contribution is -0.157. The molecule has 0 saturated heterocycles. The minimum atomic E-state index is -0.443. The Morgan fingerprint density at radius 3 is 2.87 bits per heavy atom. The van der Waals surface area contributed by atoms with E-state index in [2.05, 4.69) is 22.5 Å². The number of carbonyl (C=O) groups is 1. The number of carbonyl (C=O) groups excluding carboxylic acids is 1. The smallest absolute Gasteiger partial charge is 0.335 e. The van der Waals surface area contributed by atoms with Crippen LogP contribution in [-0.4, -0.2) is 30.6 Å². The maximum atomic E-state index is 11.5. The first kappa shape index (κ1) is 14.6. The fourth-order valence-corrected chi connectivity index (χ4v) is 1.28. The van der Waals surface area contributed by atoms with Crippen molar-refractivity contribution in [1.29, 1.82) is 0 Å². The molecular formula is C11H19BrO3. The van der Waals surface area contributed by atoms with Crippen LogP contribution in [0.25, 0.3) is 0 Å². The predicted octanol–water partition coefficient (Wildman–Crippen LogP) is 2.69. The molecule has 0 radical (unpaired) electrons. The van der Waals surface area contributed by atoms with E-state index in [4.69, 9.17) is 9.47 Å². The number of hydrogen-bond donors (Lipinski definition) is 0. The number of esters is 1. The van der Waals surface area contributed by atoms with Crippen molar-refractivity contribution in [2.24, 2.45) is 0 Å². The lowest BCUT2D eigenvalue weighted by atomic mass is 10.2. The van der Waals surface area contributed by atoms with Crippen LogP contribution in [0.2, 0.25) is 0 Å². The van der Waals surface area contributed by atoms with Crippen LogP contribution in [-0.2, 0) is 14.3 Å². The summed E-state index contributed by atoms with van der Waals surface area (Å²) in [6.45, 7) is 6.38. The number of hydrogen-bond acceptors (Lipinski definition) is 3. The Labute approximate surface area is 100.0 Å². The highest BCUT2D eigenvalue weighted by Gasteiger charge is 2.19. The van der Waals surface area contributed by atoms with Crippen molar-refractivity contribution in [3.8, 4) is 0 Å². The normalized spacial score (nSPS) is 12.1. The second-order valence-electron chi connectivity index (χ2n) is 3.02. The first-order valence-corrected chi connectivity index (χ1v) is 6.33. The van der Waals surface area contributed by atoms with Gasteiger partial charge in [-0.1, -0.05) is 22.0 Å². The second-order valence-corrected chi connectivity index (χ2v) is 3.81. The van der Waals surface area contributed by atoms with Gasteiger partial charge in [0.2, 0.25) is 0 Å². The molecule has 88 valence electrons. The summed E-state index contributed by atoms with van der Waals surface area (Å²) in [5.41, 5.74) is 0. The van der Waals surface area contributed by atoms with Gasteiger partial charge in [-0.2, -0.15) is 0 Å². The Morgan fingerprint density at radius 2 is 2.33 bits per heavy atom. The van der Waals surface area contributed by atoms with Crippen molar-refractivity contribution >= 4 is 21.9 Å². The van der Waals surface area contributed by atoms with Gasteiger partial charge in [0.05, 0.1) is 6.61 Å². The summed E-state index contributed by atoms with van der Waals surface area (Å²) < 4.78 is 10.4. The highest BCUT2D eigenvalue weighted by molar-refractivity contribution is 9.09. The third-order valence-corrected chi connectivity index (χ3v) is 2.34. The number of alkyl halides is 1. The SMILES string of the molecule is C=CCCC(OCCCBr)C(=O)OCC. The Kier molecular flexibility index (Phi) is 9.94. The van der Waals surface area contributed by atoms with Gasteiger partial charge in [0.15, 0.2) is 6.10 Å². The fourth-order valence-electron chi connectivity index (χ4n) is 1.05. The van der Waals surface area contributed by atoms with Crippen LogP contribution in [0.15, 0.2) is 12.7 Å². The molecule has 1 unspecified atom stereocenters. The van der Waals surface area contributed by atoms with E-state index in [1.165, 1.54) is 0 Å². The quantitative estimate of drug-likeness (QED) is 0.282. The summed E-state index contributed by atoms with van der Waals surface area (Å²) in [4.78, 5) is 11.5. The molecule has 15 heavy (non-hydrogen) atoms. The summed E-state index contributed by atoms with van der Waals surface area (Å²) in [5, 5.41) is 0.879. The minimum absolute atomic E-state index is 0.270. The molecule has 0 fully saturated rings. The summed E-state index contributed by atoms with van der Waals surface area (Å²) in [6.07, 6.45) is 3.63. The van der Waals surface area contributed by atoms with Crippen LogP contribution in [0.4, 0.5) is 0 Å². The molecule has 0 rings (SSSR count). The van der Waals surface area contributed by atoms with Crippen molar-refractivity contribution in [2.45, 2.75) is 32.3 Å². The zero-order chi connectivity index (χ0) is 11.5. The molecule has 0 aliphatic rings. The van der Waals surface area contributed by atoms with Gasteiger partial charge in [-0.3, -0.25) is 0 Å². The molecule has 1 atom stereocenters. The van der Waals surface area contributed by atoms with Crippen LogP contribution >= 0.6 is 15.9 Å². The van der Waals surface area contributed by atoms with Crippen LogP contribution < -0.4 is 0 Å². The van der Waals surface area contributed by atoms with E-state index in [0.29, 0.717) is 19.6 Å². The van der Waals surface area contributed by atoms with Crippen LogP contribution in [0.5, 0.6) is 0 Å². The zero-order valence-corrected chi connectivity index (χ0v) is 10.8. The molecule has 0 aliphatic heterocycles. The van der Waals surface area contributed by atoms with Gasteiger partial charge in [-0.25, -0.2) is 4.79 Å². The largest absolute Gasteiger partial charge is 0.464 e. The van der Waals surface area contributed by atoms with Crippen LogP contribution in [0.1, 0.15) is 26.2 Å². The van der Waals surface area contributed by atoms with Crippen molar-refractivity contribution in [2.75, 3.05) is 18.5 Å². The summed E-state index contributed by atoms with van der Waals surface area (Å²) in [7, 11) is 0. The molecule has 0 spiro atoms. The third-order valence-electron chi connectivity index (χ3n) is 1.78. The Morgan fingerprint density at radius 1 is 1.60 bits per heavy atom. The molecular weight excluding hydrogens is 260 g/mol. The van der Waals surface area contributed by atoms with Crippen molar-refractivity contribution in [3.63, 3.8) is 0 Å². The van der Waals surface area contributed by atoms with Crippen LogP contribution in [0.3, 0.4) is 0 Å². The molecule has 0 heterocycles. The molecule has 0 aromatic carbocycles. The van der Waals surface area contributed by atoms with Gasteiger partial charge in [0.25, 0.3) is 0 Å². The van der Waals surface area contributed by atoms with E-state index in [1.807, 2.05) is 0 Å². The fraction of sp³-hybridized carbons (Fsp3) is 0.727. The maximum absolute atomic E-state index is 11.5. The molecule has 0 N–H and O–H groups in total. The minimum Gasteiger partial charge on any atom is -0.464 e. The number of rotatable bonds is 9. The van der Waals surface area contributed by atoms with Crippen molar-refractivity contribution in [1.82, 2.24) is 0 Å². The molecule has 0 aliphatic carbocycles. The predicted molar refractivity (Wildman–Crippen MR) is 64.2 cm³/mol. The zero-order valence-electron chi connectivity index (χ0n) is 9.21. The first-order valence-electron chi connectivity index (χ1n) is 5.21.